The van der Waals surface area contributed by atoms with Crippen molar-refractivity contribution in [3.05, 3.63) is 29.8 Å². The quantitative estimate of drug-likeness (QED) is 0.623. The maximum Gasteiger partial charge on any atom is 0.313 e. The van der Waals surface area contributed by atoms with Crippen LogP contribution in [0.5, 0.6) is 0 Å². The van der Waals surface area contributed by atoms with Crippen LogP contribution in [-0.2, 0) is 9.59 Å². The first-order valence-electron chi connectivity index (χ1n) is 6.59. The van der Waals surface area contributed by atoms with Gasteiger partial charge in [-0.2, -0.15) is 0 Å². The Morgan fingerprint density at radius 2 is 1.85 bits per heavy atom. The van der Waals surface area contributed by atoms with E-state index in [2.05, 4.69) is 12.2 Å². The number of carbonyl (C=O) groups excluding carboxylic acids is 2. The zero-order valence-corrected chi connectivity index (χ0v) is 11.3. The monoisotopic (exact) mass is 284 g/mol. The molecular formula is C14H18F2N2O2. The van der Waals surface area contributed by atoms with E-state index in [1.165, 1.54) is 12.1 Å². The van der Waals surface area contributed by atoms with Crippen LogP contribution < -0.4 is 10.6 Å². The van der Waals surface area contributed by atoms with E-state index in [-0.39, 0.29) is 5.69 Å². The molecular weight excluding hydrogens is 266 g/mol. The summed E-state index contributed by atoms with van der Waals surface area (Å²) in [7, 11) is 0. The highest BCUT2D eigenvalue weighted by molar-refractivity contribution is 6.39. The zero-order valence-electron chi connectivity index (χ0n) is 11.3. The molecule has 2 amide bonds. The van der Waals surface area contributed by atoms with E-state index < -0.39 is 23.4 Å². The van der Waals surface area contributed by atoms with Gasteiger partial charge in [0.1, 0.15) is 0 Å². The molecule has 0 aliphatic carbocycles. The van der Waals surface area contributed by atoms with E-state index in [1.807, 2.05) is 5.32 Å². The molecule has 2 N–H and O–H groups in total. The molecule has 0 aliphatic heterocycles. The molecule has 0 spiro atoms. The number of benzene rings is 1. The summed E-state index contributed by atoms with van der Waals surface area (Å²) in [6.07, 6.45) is 3.89. The number of halogens is 2. The van der Waals surface area contributed by atoms with Gasteiger partial charge in [-0.3, -0.25) is 9.59 Å². The van der Waals surface area contributed by atoms with Crippen LogP contribution in [-0.4, -0.2) is 18.4 Å². The van der Waals surface area contributed by atoms with Gasteiger partial charge < -0.3 is 10.6 Å². The average Bonchev–Trinajstić information content (AvgIpc) is 2.43. The summed E-state index contributed by atoms with van der Waals surface area (Å²) in [6.45, 7) is 2.46. The highest BCUT2D eigenvalue weighted by Gasteiger charge is 2.16. The third kappa shape index (κ3) is 4.95. The number of unbranched alkanes of at least 4 members (excludes halogenated alkanes) is 3. The van der Waals surface area contributed by atoms with Crippen molar-refractivity contribution < 1.29 is 18.4 Å². The van der Waals surface area contributed by atoms with Gasteiger partial charge >= 0.3 is 11.8 Å². The molecule has 0 aromatic heterocycles. The van der Waals surface area contributed by atoms with Crippen molar-refractivity contribution in [1.82, 2.24) is 5.32 Å². The smallest absolute Gasteiger partial charge is 0.313 e. The molecule has 0 bridgehead atoms. The Morgan fingerprint density at radius 1 is 1.10 bits per heavy atom. The van der Waals surface area contributed by atoms with Gasteiger partial charge in [0.05, 0.1) is 5.69 Å². The minimum atomic E-state index is -1.18. The standard InChI is InChI=1S/C14H18F2N2O2/c1-2-3-4-5-9-17-13(19)14(20)18-11-8-6-7-10(15)12(11)16/h6-8H,2-5,9H2,1H3,(H,17,19)(H,18,20). The van der Waals surface area contributed by atoms with Gasteiger partial charge in [-0.25, -0.2) is 8.78 Å². The summed E-state index contributed by atoms with van der Waals surface area (Å²) in [6, 6.07) is 3.36. The van der Waals surface area contributed by atoms with Gasteiger partial charge in [0.2, 0.25) is 0 Å². The minimum Gasteiger partial charge on any atom is -0.348 e. The van der Waals surface area contributed by atoms with Gasteiger partial charge in [-0.05, 0) is 18.6 Å². The van der Waals surface area contributed by atoms with Gasteiger partial charge in [0.15, 0.2) is 11.6 Å². The molecule has 1 aromatic carbocycles. The molecule has 0 saturated heterocycles. The van der Waals surface area contributed by atoms with E-state index in [0.717, 1.165) is 31.7 Å². The minimum absolute atomic E-state index is 0.351. The molecule has 4 nitrogen and oxygen atoms in total. The second-order valence-corrected chi connectivity index (χ2v) is 4.37. The largest absolute Gasteiger partial charge is 0.348 e. The SMILES string of the molecule is CCCCCCNC(=O)C(=O)Nc1cccc(F)c1F. The van der Waals surface area contributed by atoms with Crippen molar-refractivity contribution in [3.63, 3.8) is 0 Å². The molecule has 0 unspecified atom stereocenters. The number of amides is 2. The average molecular weight is 284 g/mol. The molecule has 6 heteroatoms. The van der Waals surface area contributed by atoms with Crippen molar-refractivity contribution in [2.75, 3.05) is 11.9 Å². The topological polar surface area (TPSA) is 58.2 Å². The number of anilines is 1. The molecule has 1 rings (SSSR count). The third-order valence-corrected chi connectivity index (χ3v) is 2.72. The zero-order chi connectivity index (χ0) is 15.0. The van der Waals surface area contributed by atoms with Crippen LogP contribution in [0.25, 0.3) is 0 Å². The van der Waals surface area contributed by atoms with Crippen molar-refractivity contribution in [3.8, 4) is 0 Å². The van der Waals surface area contributed by atoms with Crippen LogP contribution in [0.4, 0.5) is 14.5 Å². The second-order valence-electron chi connectivity index (χ2n) is 4.37. The maximum absolute atomic E-state index is 13.3. The van der Waals surface area contributed by atoms with Crippen molar-refractivity contribution in [2.45, 2.75) is 32.6 Å². The predicted molar refractivity (Wildman–Crippen MR) is 72.1 cm³/mol. The number of hydrogen-bond donors (Lipinski definition) is 2. The highest BCUT2D eigenvalue weighted by Crippen LogP contribution is 2.16. The summed E-state index contributed by atoms with van der Waals surface area (Å²) >= 11 is 0. The Bertz CT molecular complexity index is 478. The van der Waals surface area contributed by atoms with E-state index in [1.54, 1.807) is 0 Å². The Balaban J connectivity index is 2.42. The Hall–Kier alpha value is -1.98. The van der Waals surface area contributed by atoms with Gasteiger partial charge in [0, 0.05) is 6.54 Å². The first kappa shape index (κ1) is 16.1. The van der Waals surface area contributed by atoms with Gasteiger partial charge in [-0.1, -0.05) is 32.3 Å². The Kier molecular flexibility index (Phi) is 6.63. The summed E-state index contributed by atoms with van der Waals surface area (Å²) in [5, 5.41) is 4.47. The molecule has 0 saturated carbocycles. The molecule has 0 aliphatic rings. The fraction of sp³-hybridized carbons (Fsp3) is 0.429. The van der Waals surface area contributed by atoms with Crippen molar-refractivity contribution >= 4 is 17.5 Å². The molecule has 0 atom stereocenters. The van der Waals surface area contributed by atoms with E-state index >= 15 is 0 Å². The summed E-state index contributed by atoms with van der Waals surface area (Å²) in [5.74, 6) is -4.13. The van der Waals surface area contributed by atoms with E-state index in [9.17, 15) is 18.4 Å². The molecule has 0 radical (unpaired) electrons. The lowest BCUT2D eigenvalue weighted by molar-refractivity contribution is -0.136. The number of carbonyl (C=O) groups is 2. The van der Waals surface area contributed by atoms with E-state index in [4.69, 9.17) is 0 Å². The van der Waals surface area contributed by atoms with Crippen LogP contribution in [0.15, 0.2) is 18.2 Å². The lowest BCUT2D eigenvalue weighted by Gasteiger charge is -2.07. The van der Waals surface area contributed by atoms with Crippen molar-refractivity contribution in [1.29, 1.82) is 0 Å². The van der Waals surface area contributed by atoms with Crippen LogP contribution in [0.3, 0.4) is 0 Å². The van der Waals surface area contributed by atoms with Crippen LogP contribution in [0.2, 0.25) is 0 Å². The number of nitrogens with one attached hydrogen (secondary N) is 2. The first-order valence-corrected chi connectivity index (χ1v) is 6.59. The van der Waals surface area contributed by atoms with Crippen LogP contribution in [0.1, 0.15) is 32.6 Å². The fourth-order valence-electron chi connectivity index (χ4n) is 1.61. The second kappa shape index (κ2) is 8.24. The van der Waals surface area contributed by atoms with Crippen LogP contribution in [0, 0.1) is 11.6 Å². The summed E-state index contributed by atoms with van der Waals surface area (Å²) < 4.78 is 26.2. The van der Waals surface area contributed by atoms with Crippen LogP contribution >= 0.6 is 0 Å². The molecule has 110 valence electrons. The van der Waals surface area contributed by atoms with Gasteiger partial charge in [-0.15, -0.1) is 0 Å². The van der Waals surface area contributed by atoms with Crippen molar-refractivity contribution in [2.24, 2.45) is 0 Å². The fourth-order valence-corrected chi connectivity index (χ4v) is 1.61. The Morgan fingerprint density at radius 3 is 2.55 bits per heavy atom. The van der Waals surface area contributed by atoms with Gasteiger partial charge in [0.25, 0.3) is 0 Å². The van der Waals surface area contributed by atoms with E-state index in [0.29, 0.717) is 6.54 Å². The predicted octanol–water partition coefficient (Wildman–Crippen LogP) is 2.60. The lowest BCUT2D eigenvalue weighted by Crippen LogP contribution is -2.36. The highest BCUT2D eigenvalue weighted by atomic mass is 19.2. The summed E-state index contributed by atoms with van der Waals surface area (Å²) in [4.78, 5) is 22.9. The normalized spacial score (nSPS) is 10.2. The maximum atomic E-state index is 13.3. The number of hydrogen-bond acceptors (Lipinski definition) is 2. The Labute approximate surface area is 116 Å². The first-order chi connectivity index (χ1) is 9.56. The lowest BCUT2D eigenvalue weighted by atomic mass is 10.2. The molecule has 1 aromatic rings. The third-order valence-electron chi connectivity index (χ3n) is 2.72. The molecule has 20 heavy (non-hydrogen) atoms. The number of rotatable bonds is 6. The molecule has 0 heterocycles. The molecule has 0 fully saturated rings. The summed E-state index contributed by atoms with van der Waals surface area (Å²) in [5.41, 5.74) is -0.351.